The zero-order valence-electron chi connectivity index (χ0n) is 23.5. The number of nitriles is 2. The highest BCUT2D eigenvalue weighted by atomic mass is 15.0. The first-order chi connectivity index (χ1) is 21.7. The van der Waals surface area contributed by atoms with Crippen molar-refractivity contribution in [1.82, 2.24) is 15.0 Å². The van der Waals surface area contributed by atoms with Gasteiger partial charge in [0, 0.05) is 16.7 Å². The van der Waals surface area contributed by atoms with Crippen LogP contribution in [0.25, 0.3) is 67.2 Å². The first kappa shape index (κ1) is 26.5. The Morgan fingerprint density at radius 3 is 1.18 bits per heavy atom. The third-order valence-corrected chi connectivity index (χ3v) is 7.54. The highest BCUT2D eigenvalue weighted by Crippen LogP contribution is 2.31. The third-order valence-electron chi connectivity index (χ3n) is 7.54. The minimum atomic E-state index is 0.475. The fourth-order valence-corrected chi connectivity index (χ4v) is 5.28. The van der Waals surface area contributed by atoms with Gasteiger partial charge in [-0.15, -0.1) is 0 Å². The maximum absolute atomic E-state index is 9.37. The molecule has 7 aromatic rings. The predicted octanol–water partition coefficient (Wildman–Crippen LogP) is 9.10. The second-order valence-electron chi connectivity index (χ2n) is 10.4. The Labute approximate surface area is 255 Å². The van der Waals surface area contributed by atoms with E-state index in [1.807, 2.05) is 78.9 Å². The van der Waals surface area contributed by atoms with Crippen LogP contribution in [0.5, 0.6) is 0 Å². The van der Waals surface area contributed by atoms with Gasteiger partial charge < -0.3 is 0 Å². The minimum absolute atomic E-state index is 0.475. The molecule has 0 aliphatic rings. The molecule has 0 saturated carbocycles. The average Bonchev–Trinajstić information content (AvgIpc) is 3.11. The first-order valence-corrected chi connectivity index (χ1v) is 14.1. The number of fused-ring (bicyclic) bond motifs is 1. The number of benzene rings is 6. The first-order valence-electron chi connectivity index (χ1n) is 14.1. The van der Waals surface area contributed by atoms with Crippen LogP contribution in [0.4, 0.5) is 0 Å². The molecule has 1 heterocycles. The van der Waals surface area contributed by atoms with Crippen molar-refractivity contribution in [2.75, 3.05) is 0 Å². The highest BCUT2D eigenvalue weighted by Gasteiger charge is 2.12. The largest absolute Gasteiger partial charge is 0.208 e. The molecule has 1 aromatic heterocycles. The molecule has 0 bridgehead atoms. The quantitative estimate of drug-likeness (QED) is 0.209. The summed E-state index contributed by atoms with van der Waals surface area (Å²) in [6.07, 6.45) is 0. The van der Waals surface area contributed by atoms with Gasteiger partial charge in [0.15, 0.2) is 17.5 Å². The Bertz CT molecular complexity index is 2140. The zero-order valence-corrected chi connectivity index (χ0v) is 23.5. The smallest absolute Gasteiger partial charge is 0.164 e. The van der Waals surface area contributed by atoms with E-state index in [-0.39, 0.29) is 0 Å². The molecule has 7 rings (SSSR count). The van der Waals surface area contributed by atoms with Crippen LogP contribution in [-0.2, 0) is 0 Å². The van der Waals surface area contributed by atoms with Crippen LogP contribution in [0.3, 0.4) is 0 Å². The van der Waals surface area contributed by atoms with E-state index in [1.165, 1.54) is 0 Å². The zero-order chi connectivity index (χ0) is 29.9. The van der Waals surface area contributed by atoms with Gasteiger partial charge in [-0.05, 0) is 63.4 Å². The van der Waals surface area contributed by atoms with E-state index in [9.17, 15) is 10.5 Å². The maximum atomic E-state index is 9.37. The van der Waals surface area contributed by atoms with Gasteiger partial charge in [0.2, 0.25) is 0 Å². The standard InChI is InChI=1S/C39H23N5/c40-24-26-19-27(25-41)21-36(20-26)35-18-17-33-22-32(15-16-34(33)23-35)28-11-13-31(14-12-28)39-43-37(29-7-3-1-4-8-29)42-38(44-39)30-9-5-2-6-10-30/h1-23H. The molecule has 6 aromatic carbocycles. The SMILES string of the molecule is N#Cc1cc(C#N)cc(-c2ccc3cc(-c4ccc(-c5nc(-c6ccccc6)nc(-c6ccccc6)n5)cc4)ccc3c2)c1. The molecule has 5 heteroatoms. The Morgan fingerprint density at radius 2 is 0.727 bits per heavy atom. The lowest BCUT2D eigenvalue weighted by molar-refractivity contribution is 1.07. The number of hydrogen-bond acceptors (Lipinski definition) is 5. The molecule has 204 valence electrons. The molecule has 44 heavy (non-hydrogen) atoms. The van der Waals surface area contributed by atoms with Gasteiger partial charge in [0.25, 0.3) is 0 Å². The van der Waals surface area contributed by atoms with E-state index in [0.29, 0.717) is 28.6 Å². The van der Waals surface area contributed by atoms with E-state index in [0.717, 1.165) is 49.7 Å². The van der Waals surface area contributed by atoms with Gasteiger partial charge in [-0.3, -0.25) is 0 Å². The van der Waals surface area contributed by atoms with E-state index >= 15 is 0 Å². The average molecular weight is 562 g/mol. The summed E-state index contributed by atoms with van der Waals surface area (Å²) >= 11 is 0. The van der Waals surface area contributed by atoms with Crippen molar-refractivity contribution >= 4 is 10.8 Å². The Hall–Kier alpha value is -6.43. The second kappa shape index (κ2) is 11.4. The third kappa shape index (κ3) is 5.30. The molecule has 0 radical (unpaired) electrons. The highest BCUT2D eigenvalue weighted by molar-refractivity contribution is 5.91. The van der Waals surface area contributed by atoms with Crippen molar-refractivity contribution < 1.29 is 0 Å². The Kier molecular flexibility index (Phi) is 6.89. The summed E-state index contributed by atoms with van der Waals surface area (Å²) in [4.78, 5) is 14.5. The number of rotatable bonds is 5. The summed E-state index contributed by atoms with van der Waals surface area (Å²) in [6.45, 7) is 0. The van der Waals surface area contributed by atoms with Gasteiger partial charge in [-0.25, -0.2) is 15.0 Å². The van der Waals surface area contributed by atoms with Crippen LogP contribution < -0.4 is 0 Å². The number of nitrogens with zero attached hydrogens (tertiary/aromatic N) is 5. The molecule has 0 fully saturated rings. The van der Waals surface area contributed by atoms with Crippen LogP contribution >= 0.6 is 0 Å². The van der Waals surface area contributed by atoms with E-state index in [4.69, 9.17) is 15.0 Å². The van der Waals surface area contributed by atoms with Crippen LogP contribution in [0, 0.1) is 22.7 Å². The molecular formula is C39H23N5. The minimum Gasteiger partial charge on any atom is -0.208 e. The lowest BCUT2D eigenvalue weighted by Gasteiger charge is -2.10. The van der Waals surface area contributed by atoms with Crippen LogP contribution in [0.1, 0.15) is 11.1 Å². The molecule has 0 aliphatic carbocycles. The summed E-state index contributed by atoms with van der Waals surface area (Å²) in [5.41, 5.74) is 7.73. The molecule has 0 N–H and O–H groups in total. The second-order valence-corrected chi connectivity index (χ2v) is 10.4. The van der Waals surface area contributed by atoms with Crippen molar-refractivity contribution in [3.05, 3.63) is 151 Å². The predicted molar refractivity (Wildman–Crippen MR) is 174 cm³/mol. The Balaban J connectivity index is 1.22. The van der Waals surface area contributed by atoms with Gasteiger partial charge in [-0.2, -0.15) is 10.5 Å². The summed E-state index contributed by atoms with van der Waals surface area (Å²) in [6, 6.07) is 50.3. The van der Waals surface area contributed by atoms with Gasteiger partial charge in [0.05, 0.1) is 23.3 Å². The molecule has 5 nitrogen and oxygen atoms in total. The molecule has 0 atom stereocenters. The van der Waals surface area contributed by atoms with Crippen LogP contribution in [0.15, 0.2) is 140 Å². The van der Waals surface area contributed by atoms with Crippen molar-refractivity contribution in [3.8, 4) is 68.6 Å². The van der Waals surface area contributed by atoms with Crippen LogP contribution in [0.2, 0.25) is 0 Å². The summed E-state index contributed by atoms with van der Waals surface area (Å²) < 4.78 is 0. The molecule has 0 aliphatic heterocycles. The van der Waals surface area contributed by atoms with E-state index in [1.54, 1.807) is 6.07 Å². The lowest BCUT2D eigenvalue weighted by atomic mass is 9.96. The number of aromatic nitrogens is 3. The molecule has 0 spiro atoms. The molecule has 0 saturated heterocycles. The van der Waals surface area contributed by atoms with E-state index in [2.05, 4.69) is 66.7 Å². The monoisotopic (exact) mass is 561 g/mol. The molecule has 0 amide bonds. The number of hydrogen-bond donors (Lipinski definition) is 0. The van der Waals surface area contributed by atoms with Gasteiger partial charge >= 0.3 is 0 Å². The lowest BCUT2D eigenvalue weighted by Crippen LogP contribution is -2.00. The maximum Gasteiger partial charge on any atom is 0.164 e. The normalized spacial score (nSPS) is 10.7. The van der Waals surface area contributed by atoms with Crippen LogP contribution in [-0.4, -0.2) is 15.0 Å². The topological polar surface area (TPSA) is 86.2 Å². The summed E-state index contributed by atoms with van der Waals surface area (Å²) in [5, 5.41) is 20.9. The fourth-order valence-electron chi connectivity index (χ4n) is 5.28. The van der Waals surface area contributed by atoms with Crippen molar-refractivity contribution in [2.24, 2.45) is 0 Å². The van der Waals surface area contributed by atoms with Crippen molar-refractivity contribution in [1.29, 1.82) is 10.5 Å². The molecule has 0 unspecified atom stereocenters. The van der Waals surface area contributed by atoms with Crippen molar-refractivity contribution in [3.63, 3.8) is 0 Å². The van der Waals surface area contributed by atoms with Crippen molar-refractivity contribution in [2.45, 2.75) is 0 Å². The van der Waals surface area contributed by atoms with E-state index < -0.39 is 0 Å². The fraction of sp³-hybridized carbons (Fsp3) is 0. The summed E-state index contributed by atoms with van der Waals surface area (Å²) in [5.74, 6) is 1.89. The Morgan fingerprint density at radius 1 is 0.341 bits per heavy atom. The van der Waals surface area contributed by atoms with Gasteiger partial charge in [0.1, 0.15) is 0 Å². The molecular weight excluding hydrogens is 538 g/mol. The van der Waals surface area contributed by atoms with Gasteiger partial charge in [-0.1, -0.05) is 109 Å². The summed E-state index contributed by atoms with van der Waals surface area (Å²) in [7, 11) is 0.